The van der Waals surface area contributed by atoms with Crippen molar-refractivity contribution in [3.05, 3.63) is 60.8 Å². The molecule has 1 rings (SSSR count). The molecule has 8 atom stereocenters. The summed E-state index contributed by atoms with van der Waals surface area (Å²) in [6.07, 6.45) is 58.3. The molecule has 1 fully saturated rings. The average Bonchev–Trinajstić information content (AvgIpc) is 3.44. The van der Waals surface area contributed by atoms with E-state index in [1.54, 1.807) is 6.08 Å². The van der Waals surface area contributed by atoms with Gasteiger partial charge in [-0.15, -0.1) is 0 Å². The predicted molar refractivity (Wildman–Crippen MR) is 324 cm³/mol. The molecule has 1 saturated heterocycles. The molecule has 454 valence electrons. The molecule has 0 aromatic heterocycles. The minimum Gasteiger partial charge on any atom is -0.454 e. The van der Waals surface area contributed by atoms with Gasteiger partial charge in [0.1, 0.15) is 24.4 Å². The van der Waals surface area contributed by atoms with Crippen LogP contribution in [0, 0.1) is 0 Å². The van der Waals surface area contributed by atoms with Crippen LogP contribution in [0.25, 0.3) is 0 Å². The van der Waals surface area contributed by atoms with Crippen LogP contribution in [-0.2, 0) is 23.8 Å². The molecule has 0 aromatic rings. The van der Waals surface area contributed by atoms with Crippen molar-refractivity contribution in [2.75, 3.05) is 13.2 Å². The molecular formula is C67H121NO10. The zero-order valence-electron chi connectivity index (χ0n) is 50.3. The number of amides is 1. The molecule has 1 heterocycles. The van der Waals surface area contributed by atoms with Crippen LogP contribution >= 0.6 is 0 Å². The Hall–Kier alpha value is -2.64. The summed E-state index contributed by atoms with van der Waals surface area (Å²) in [4.78, 5) is 26.5. The second-order valence-corrected chi connectivity index (χ2v) is 22.5. The summed E-state index contributed by atoms with van der Waals surface area (Å²) in [7, 11) is 0. The summed E-state index contributed by atoms with van der Waals surface area (Å²) >= 11 is 0. The highest BCUT2D eigenvalue weighted by atomic mass is 16.7. The van der Waals surface area contributed by atoms with E-state index in [0.717, 1.165) is 89.9 Å². The lowest BCUT2D eigenvalue weighted by Gasteiger charge is -2.41. The molecule has 0 aliphatic carbocycles. The van der Waals surface area contributed by atoms with Gasteiger partial charge in [-0.3, -0.25) is 9.59 Å². The van der Waals surface area contributed by atoms with Gasteiger partial charge in [-0.1, -0.05) is 274 Å². The fourth-order valence-corrected chi connectivity index (χ4v) is 9.99. The molecule has 1 amide bonds. The van der Waals surface area contributed by atoms with Gasteiger partial charge in [0.2, 0.25) is 5.91 Å². The molecule has 11 heteroatoms. The van der Waals surface area contributed by atoms with E-state index in [0.29, 0.717) is 19.3 Å². The van der Waals surface area contributed by atoms with Crippen LogP contribution in [0.4, 0.5) is 0 Å². The lowest BCUT2D eigenvalue weighted by atomic mass is 9.99. The lowest BCUT2D eigenvalue weighted by molar-refractivity contribution is -0.305. The highest BCUT2D eigenvalue weighted by molar-refractivity contribution is 5.80. The number of carbonyl (C=O) groups excluding carboxylic acids is 2. The van der Waals surface area contributed by atoms with Gasteiger partial charge in [-0.2, -0.15) is 0 Å². The Morgan fingerprint density at radius 2 is 0.885 bits per heavy atom. The van der Waals surface area contributed by atoms with E-state index in [-0.39, 0.29) is 13.0 Å². The summed E-state index contributed by atoms with van der Waals surface area (Å²) in [5.74, 6) is -1.19. The second kappa shape index (κ2) is 54.9. The SMILES string of the molecule is CCCCC/C=C\C/C=C\C/C=C\C/C=C\CCCCCCCCCCCC(=O)OC1C(OCC(NC(=O)C(O)CCCCCCCCCCCCCC)C(O)/C=C/CCCCCCCCCCCC)OC(CO)C(O)C1O. The van der Waals surface area contributed by atoms with Crippen LogP contribution in [0.2, 0.25) is 0 Å². The van der Waals surface area contributed by atoms with E-state index in [1.807, 2.05) is 6.08 Å². The van der Waals surface area contributed by atoms with Crippen molar-refractivity contribution >= 4 is 11.9 Å². The van der Waals surface area contributed by atoms with Crippen molar-refractivity contribution in [2.24, 2.45) is 0 Å². The van der Waals surface area contributed by atoms with Crippen molar-refractivity contribution in [1.29, 1.82) is 0 Å². The number of ether oxygens (including phenoxy) is 3. The van der Waals surface area contributed by atoms with Crippen molar-refractivity contribution in [1.82, 2.24) is 5.32 Å². The Bertz CT molecular complexity index is 1500. The number of rotatable bonds is 55. The molecule has 0 spiro atoms. The first-order chi connectivity index (χ1) is 38.2. The summed E-state index contributed by atoms with van der Waals surface area (Å²) in [6, 6.07) is -1.02. The molecule has 0 saturated carbocycles. The van der Waals surface area contributed by atoms with Gasteiger partial charge < -0.3 is 45.1 Å². The number of aliphatic hydroxyl groups excluding tert-OH is 5. The maximum Gasteiger partial charge on any atom is 0.306 e. The lowest BCUT2D eigenvalue weighted by Crippen LogP contribution is -2.61. The third-order valence-corrected chi connectivity index (χ3v) is 15.2. The van der Waals surface area contributed by atoms with E-state index in [2.05, 4.69) is 74.7 Å². The topological polar surface area (TPSA) is 175 Å². The van der Waals surface area contributed by atoms with Gasteiger partial charge in [-0.05, 0) is 70.6 Å². The van der Waals surface area contributed by atoms with Crippen LogP contribution < -0.4 is 5.32 Å². The molecule has 1 aliphatic heterocycles. The van der Waals surface area contributed by atoms with E-state index < -0.39 is 67.4 Å². The Morgan fingerprint density at radius 3 is 1.35 bits per heavy atom. The first-order valence-corrected chi connectivity index (χ1v) is 32.6. The summed E-state index contributed by atoms with van der Waals surface area (Å²) < 4.78 is 17.6. The van der Waals surface area contributed by atoms with E-state index >= 15 is 0 Å². The number of hydrogen-bond donors (Lipinski definition) is 6. The first-order valence-electron chi connectivity index (χ1n) is 32.6. The molecule has 0 aromatic carbocycles. The normalized spacial score (nSPS) is 19.3. The second-order valence-electron chi connectivity index (χ2n) is 22.5. The summed E-state index contributed by atoms with van der Waals surface area (Å²) in [5, 5.41) is 57.0. The Kier molecular flexibility index (Phi) is 51.7. The molecule has 0 radical (unpaired) electrons. The molecule has 78 heavy (non-hydrogen) atoms. The van der Waals surface area contributed by atoms with Crippen LogP contribution in [0.5, 0.6) is 0 Å². The number of aliphatic hydroxyl groups is 5. The standard InChI is InChI=1S/C67H121NO10/c1-4-7-10-13-16-19-22-25-26-27-28-29-30-31-32-33-34-35-36-37-40-43-46-49-52-55-62(72)78-65-64(74)63(73)61(56-69)77-67(65)76-57-58(59(70)53-50-47-44-41-38-23-20-17-14-11-8-5-2)68-66(75)60(71)54-51-48-45-42-39-24-21-18-15-12-9-6-3/h16,19,25-26,28-29,31-32,50,53,58-61,63-65,67,69-71,73-74H,4-15,17-18,20-24,27,30,33-49,51-52,54-57H2,1-3H3,(H,68,75)/b19-16-,26-25-,29-28-,32-31-,53-50+. The highest BCUT2D eigenvalue weighted by Gasteiger charge is 2.47. The third kappa shape index (κ3) is 42.2. The monoisotopic (exact) mass is 1100 g/mol. The molecule has 6 N–H and O–H groups in total. The van der Waals surface area contributed by atoms with Crippen molar-refractivity contribution < 1.29 is 49.3 Å². The number of nitrogens with one attached hydrogen (secondary N) is 1. The predicted octanol–water partition coefficient (Wildman–Crippen LogP) is 15.8. The van der Waals surface area contributed by atoms with Gasteiger partial charge in [-0.25, -0.2) is 0 Å². The minimum atomic E-state index is -1.62. The average molecular weight is 1100 g/mol. The molecular weight excluding hydrogens is 979 g/mol. The molecule has 8 unspecified atom stereocenters. The van der Waals surface area contributed by atoms with E-state index in [4.69, 9.17) is 14.2 Å². The Balaban J connectivity index is 2.59. The van der Waals surface area contributed by atoms with Crippen molar-refractivity contribution in [2.45, 2.75) is 339 Å². The van der Waals surface area contributed by atoms with Crippen LogP contribution in [0.1, 0.15) is 290 Å². The zero-order valence-corrected chi connectivity index (χ0v) is 50.3. The van der Waals surface area contributed by atoms with Gasteiger partial charge in [0.15, 0.2) is 12.4 Å². The van der Waals surface area contributed by atoms with Gasteiger partial charge in [0.05, 0.1) is 25.4 Å². The quantitative estimate of drug-likeness (QED) is 0.0195. The van der Waals surface area contributed by atoms with Crippen LogP contribution in [0.3, 0.4) is 0 Å². The zero-order chi connectivity index (χ0) is 56.8. The van der Waals surface area contributed by atoms with E-state index in [9.17, 15) is 35.1 Å². The van der Waals surface area contributed by atoms with Gasteiger partial charge in [0, 0.05) is 6.42 Å². The fraction of sp³-hybridized carbons (Fsp3) is 0.821. The molecule has 11 nitrogen and oxygen atoms in total. The number of allylic oxidation sites excluding steroid dienone is 9. The smallest absolute Gasteiger partial charge is 0.306 e. The van der Waals surface area contributed by atoms with Crippen molar-refractivity contribution in [3.63, 3.8) is 0 Å². The van der Waals surface area contributed by atoms with Crippen molar-refractivity contribution in [3.8, 4) is 0 Å². The number of hydrogen-bond acceptors (Lipinski definition) is 10. The number of unbranched alkanes of at least 4 members (excludes halogenated alkanes) is 33. The summed E-state index contributed by atoms with van der Waals surface area (Å²) in [6.45, 7) is 5.76. The first kappa shape index (κ1) is 73.4. The Labute approximate surface area is 478 Å². The van der Waals surface area contributed by atoms with Crippen LogP contribution in [-0.4, -0.2) is 99.6 Å². The largest absolute Gasteiger partial charge is 0.454 e. The maximum atomic E-state index is 13.4. The van der Waals surface area contributed by atoms with E-state index in [1.165, 1.54) is 154 Å². The van der Waals surface area contributed by atoms with Crippen LogP contribution in [0.15, 0.2) is 60.8 Å². The number of carbonyl (C=O) groups is 2. The highest BCUT2D eigenvalue weighted by Crippen LogP contribution is 2.26. The molecule has 0 bridgehead atoms. The summed E-state index contributed by atoms with van der Waals surface area (Å²) in [5.41, 5.74) is 0. The van der Waals surface area contributed by atoms with Gasteiger partial charge >= 0.3 is 5.97 Å². The maximum absolute atomic E-state index is 13.4. The van der Waals surface area contributed by atoms with Gasteiger partial charge in [0.25, 0.3) is 0 Å². The molecule has 1 aliphatic rings. The fourth-order valence-electron chi connectivity index (χ4n) is 9.99. The minimum absolute atomic E-state index is 0.116. The Morgan fingerprint density at radius 1 is 0.500 bits per heavy atom. The third-order valence-electron chi connectivity index (χ3n) is 15.2. The number of esters is 1.